The molecule has 3 fully saturated rings. The molecule has 2 bridgehead atoms. The van der Waals surface area contributed by atoms with Crippen LogP contribution >= 0.6 is 0 Å². The van der Waals surface area contributed by atoms with E-state index in [1.165, 1.54) is 12.1 Å². The zero-order valence-electron chi connectivity index (χ0n) is 24.8. The van der Waals surface area contributed by atoms with Gasteiger partial charge in [-0.25, -0.2) is 13.8 Å². The molecule has 0 radical (unpaired) electrons. The molecule has 3 saturated heterocycles. The van der Waals surface area contributed by atoms with Gasteiger partial charge in [0.2, 0.25) is 0 Å². The Labute approximate surface area is 250 Å². The van der Waals surface area contributed by atoms with Gasteiger partial charge in [0.25, 0.3) is 0 Å². The average Bonchev–Trinajstić information content (AvgIpc) is 3.62. The van der Waals surface area contributed by atoms with Crippen LogP contribution in [0, 0.1) is 23.5 Å². The highest BCUT2D eigenvalue weighted by Gasteiger charge is 2.35. The van der Waals surface area contributed by atoms with E-state index in [1.54, 1.807) is 19.1 Å². The predicted molar refractivity (Wildman–Crippen MR) is 165 cm³/mol. The Balaban J connectivity index is 1.41. The van der Waals surface area contributed by atoms with Crippen LogP contribution in [0.2, 0.25) is 0 Å². The molecule has 43 heavy (non-hydrogen) atoms. The number of pyridine rings is 1. The smallest absolute Gasteiger partial charge is 0.319 e. The summed E-state index contributed by atoms with van der Waals surface area (Å²) in [6.07, 6.45) is 4.34. The molecule has 3 aliphatic heterocycles. The molecule has 7 rings (SSSR count). The maximum atomic E-state index is 16.8. The number of ether oxygens (including phenoxy) is 1. The van der Waals surface area contributed by atoms with Crippen LogP contribution in [0.3, 0.4) is 0 Å². The molecule has 222 valence electrons. The molecule has 5 heterocycles. The molecule has 0 saturated carbocycles. The molecule has 3 aliphatic rings. The zero-order valence-corrected chi connectivity index (χ0v) is 24.8. The largest absolute Gasteiger partial charge is 0.462 e. The van der Waals surface area contributed by atoms with Gasteiger partial charge in [-0.15, -0.1) is 0 Å². The highest BCUT2D eigenvalue weighted by Crippen LogP contribution is 2.38. The summed E-state index contributed by atoms with van der Waals surface area (Å²) >= 11 is 0. The van der Waals surface area contributed by atoms with Crippen molar-refractivity contribution in [1.82, 2.24) is 25.2 Å². The molecule has 0 spiro atoms. The van der Waals surface area contributed by atoms with Crippen LogP contribution in [-0.4, -0.2) is 70.3 Å². The highest BCUT2D eigenvalue weighted by molar-refractivity contribution is 6.01. The van der Waals surface area contributed by atoms with Crippen LogP contribution in [0.1, 0.15) is 52.1 Å². The Morgan fingerprint density at radius 1 is 1.05 bits per heavy atom. The fourth-order valence-corrected chi connectivity index (χ4v) is 7.12. The second-order valence-corrected chi connectivity index (χ2v) is 12.2. The van der Waals surface area contributed by atoms with Gasteiger partial charge in [0.1, 0.15) is 35.1 Å². The molecule has 0 unspecified atom stereocenters. The Morgan fingerprint density at radius 2 is 1.86 bits per heavy atom. The fraction of sp³-hybridized carbons (Fsp3) is 0.441. The number of benzene rings is 2. The molecule has 9 heteroatoms. The standard InChI is InChI=1S/C34H36F2N6O/c1-4-7-28-29-32(30(36)31(38-28)26-10-5-8-21-11-12-22(35)16-27(21)26)39-34(43-19-25-9-6-15-42(25)20(2)3)40-33(29)41-17-23-13-14-24(18-41)37-23/h5,8,10-12,16,20,23-25,37H,6,9,13-15,17-19H2,1-3H3/t23-,24+,25-/m0/s1. The summed E-state index contributed by atoms with van der Waals surface area (Å²) in [5.74, 6) is 5.67. The number of hydrogen-bond acceptors (Lipinski definition) is 7. The van der Waals surface area contributed by atoms with E-state index in [4.69, 9.17) is 19.7 Å². The lowest BCUT2D eigenvalue weighted by Gasteiger charge is -2.34. The van der Waals surface area contributed by atoms with Gasteiger partial charge in [0, 0.05) is 42.8 Å². The maximum Gasteiger partial charge on any atom is 0.319 e. The molecule has 0 aliphatic carbocycles. The molecular weight excluding hydrogens is 546 g/mol. The molecule has 4 aromatic rings. The first kappa shape index (κ1) is 27.9. The Kier molecular flexibility index (Phi) is 7.36. The van der Waals surface area contributed by atoms with E-state index in [-0.39, 0.29) is 23.3 Å². The monoisotopic (exact) mass is 582 g/mol. The van der Waals surface area contributed by atoms with Crippen molar-refractivity contribution in [2.75, 3.05) is 31.1 Å². The SMILES string of the molecule is CC#Cc1nc(-c2cccc3ccc(F)cc23)c(F)c2nc(OC[C@@H]3CCCN3C(C)C)nc(N3C[C@H]4CC[C@@H](C3)N4)c12. The lowest BCUT2D eigenvalue weighted by Crippen LogP contribution is -2.51. The van der Waals surface area contributed by atoms with E-state index in [2.05, 4.69) is 40.8 Å². The number of nitrogens with zero attached hydrogens (tertiary/aromatic N) is 5. The second kappa shape index (κ2) is 11.3. The van der Waals surface area contributed by atoms with Crippen molar-refractivity contribution in [1.29, 1.82) is 0 Å². The maximum absolute atomic E-state index is 16.8. The van der Waals surface area contributed by atoms with Crippen molar-refractivity contribution in [3.8, 4) is 29.1 Å². The lowest BCUT2D eigenvalue weighted by molar-refractivity contribution is 0.138. The molecule has 3 atom stereocenters. The van der Waals surface area contributed by atoms with Crippen LogP contribution in [0.25, 0.3) is 32.9 Å². The third-order valence-corrected chi connectivity index (χ3v) is 9.10. The Bertz CT molecular complexity index is 1750. The third-order valence-electron chi connectivity index (χ3n) is 9.10. The predicted octanol–water partition coefficient (Wildman–Crippen LogP) is 5.69. The summed E-state index contributed by atoms with van der Waals surface area (Å²) in [7, 11) is 0. The lowest BCUT2D eigenvalue weighted by atomic mass is 10.00. The van der Waals surface area contributed by atoms with Gasteiger partial charge >= 0.3 is 6.01 Å². The summed E-state index contributed by atoms with van der Waals surface area (Å²) in [4.78, 5) is 19.0. The number of likely N-dealkylation sites (tertiary alicyclic amines) is 1. The van der Waals surface area contributed by atoms with Crippen molar-refractivity contribution in [2.45, 2.75) is 70.6 Å². The van der Waals surface area contributed by atoms with Crippen LogP contribution in [-0.2, 0) is 0 Å². The topological polar surface area (TPSA) is 66.4 Å². The van der Waals surface area contributed by atoms with Gasteiger partial charge in [-0.1, -0.05) is 30.2 Å². The fourth-order valence-electron chi connectivity index (χ4n) is 7.12. The molecule has 1 N–H and O–H groups in total. The molecule has 2 aromatic heterocycles. The molecule has 7 nitrogen and oxygen atoms in total. The van der Waals surface area contributed by atoms with E-state index >= 15 is 4.39 Å². The first-order chi connectivity index (χ1) is 20.9. The van der Waals surface area contributed by atoms with Crippen LogP contribution in [0.5, 0.6) is 6.01 Å². The number of fused-ring (bicyclic) bond motifs is 4. The van der Waals surface area contributed by atoms with E-state index < -0.39 is 11.6 Å². The number of rotatable bonds is 6. The van der Waals surface area contributed by atoms with Crippen molar-refractivity contribution in [3.63, 3.8) is 0 Å². The summed E-state index contributed by atoms with van der Waals surface area (Å²) in [5, 5.41) is 5.51. The van der Waals surface area contributed by atoms with Crippen molar-refractivity contribution in [2.24, 2.45) is 0 Å². The minimum Gasteiger partial charge on any atom is -0.462 e. The highest BCUT2D eigenvalue weighted by atomic mass is 19.1. The first-order valence-electron chi connectivity index (χ1n) is 15.3. The number of anilines is 1. The number of nitrogens with one attached hydrogen (secondary N) is 1. The average molecular weight is 583 g/mol. The van der Waals surface area contributed by atoms with Crippen molar-refractivity contribution < 1.29 is 13.5 Å². The number of hydrogen-bond donors (Lipinski definition) is 1. The van der Waals surface area contributed by atoms with Crippen molar-refractivity contribution >= 4 is 27.5 Å². The van der Waals surface area contributed by atoms with E-state index in [1.807, 2.05) is 12.1 Å². The van der Waals surface area contributed by atoms with Crippen LogP contribution in [0.4, 0.5) is 14.6 Å². The van der Waals surface area contributed by atoms with Gasteiger partial charge < -0.3 is 15.0 Å². The van der Waals surface area contributed by atoms with Gasteiger partial charge in [0.15, 0.2) is 5.82 Å². The second-order valence-electron chi connectivity index (χ2n) is 12.2. The van der Waals surface area contributed by atoms with E-state index in [9.17, 15) is 4.39 Å². The normalized spacial score (nSPS) is 22.0. The Hall–Kier alpha value is -3.87. The molecule has 0 amide bonds. The zero-order chi connectivity index (χ0) is 29.7. The van der Waals surface area contributed by atoms with Crippen LogP contribution < -0.4 is 15.0 Å². The number of halogens is 2. The quantitative estimate of drug-likeness (QED) is 0.293. The summed E-state index contributed by atoms with van der Waals surface area (Å²) in [5.41, 5.74) is 1.09. The minimum absolute atomic E-state index is 0.0826. The van der Waals surface area contributed by atoms with Gasteiger partial charge in [-0.05, 0) is 81.8 Å². The summed E-state index contributed by atoms with van der Waals surface area (Å²) in [6.45, 7) is 9.08. The van der Waals surface area contributed by atoms with Gasteiger partial charge in [-0.2, -0.15) is 9.97 Å². The summed E-state index contributed by atoms with van der Waals surface area (Å²) < 4.78 is 37.5. The number of aromatic nitrogens is 3. The van der Waals surface area contributed by atoms with E-state index in [0.717, 1.165) is 50.7 Å². The summed E-state index contributed by atoms with van der Waals surface area (Å²) in [6, 6.07) is 11.5. The first-order valence-corrected chi connectivity index (χ1v) is 15.3. The third kappa shape index (κ3) is 5.17. The Morgan fingerprint density at radius 3 is 2.63 bits per heavy atom. The van der Waals surface area contributed by atoms with Gasteiger partial charge in [0.05, 0.1) is 5.39 Å². The molecule has 2 aromatic carbocycles. The van der Waals surface area contributed by atoms with Crippen molar-refractivity contribution in [3.05, 3.63) is 53.7 Å². The minimum atomic E-state index is -0.593. The number of piperazine rings is 1. The van der Waals surface area contributed by atoms with E-state index in [0.29, 0.717) is 52.6 Å². The van der Waals surface area contributed by atoms with Gasteiger partial charge in [-0.3, -0.25) is 4.90 Å². The molecular formula is C34H36F2N6O. The van der Waals surface area contributed by atoms with Crippen LogP contribution in [0.15, 0.2) is 36.4 Å².